The lowest BCUT2D eigenvalue weighted by molar-refractivity contribution is -0.452. The zero-order valence-electron chi connectivity index (χ0n) is 9.64. The minimum absolute atomic E-state index is 0.455. The normalized spacial score (nSPS) is 27.9. The van der Waals surface area contributed by atoms with Gasteiger partial charge in [0.15, 0.2) is 0 Å². The molecule has 0 aromatic heterocycles. The standard InChI is InChI=1S/C9H16O9/c1-4(2)3-18-5-6(10,11)8(14,15)9(16,17)7(5,12)13/h3,5,10-17H,1-2H3. The van der Waals surface area contributed by atoms with E-state index >= 15 is 0 Å². The van der Waals surface area contributed by atoms with E-state index in [4.69, 9.17) is 0 Å². The highest BCUT2D eigenvalue weighted by Gasteiger charge is 2.85. The van der Waals surface area contributed by atoms with E-state index in [0.717, 1.165) is 6.26 Å². The van der Waals surface area contributed by atoms with Gasteiger partial charge < -0.3 is 45.6 Å². The molecular weight excluding hydrogens is 252 g/mol. The molecule has 0 atom stereocenters. The molecule has 0 amide bonds. The number of ether oxygens (including phenoxy) is 1. The van der Waals surface area contributed by atoms with Crippen molar-refractivity contribution < 1.29 is 45.6 Å². The van der Waals surface area contributed by atoms with Crippen molar-refractivity contribution in [2.45, 2.75) is 43.1 Å². The van der Waals surface area contributed by atoms with Crippen LogP contribution in [-0.4, -0.2) is 70.1 Å². The maximum atomic E-state index is 9.43. The molecule has 0 aromatic carbocycles. The van der Waals surface area contributed by atoms with Crippen LogP contribution < -0.4 is 0 Å². The van der Waals surface area contributed by atoms with Crippen molar-refractivity contribution >= 4 is 0 Å². The first-order chi connectivity index (χ1) is 7.80. The Morgan fingerprint density at radius 2 is 1.17 bits per heavy atom. The molecule has 0 saturated heterocycles. The average Bonchev–Trinajstić information content (AvgIpc) is 2.20. The van der Waals surface area contributed by atoms with Gasteiger partial charge in [-0.2, -0.15) is 0 Å². The molecule has 1 rings (SSSR count). The fourth-order valence-electron chi connectivity index (χ4n) is 1.55. The Morgan fingerprint density at radius 3 is 1.44 bits per heavy atom. The van der Waals surface area contributed by atoms with E-state index in [1.54, 1.807) is 0 Å². The van der Waals surface area contributed by atoms with Crippen molar-refractivity contribution in [2.24, 2.45) is 0 Å². The van der Waals surface area contributed by atoms with E-state index in [0.29, 0.717) is 5.57 Å². The zero-order chi connectivity index (χ0) is 14.6. The second-order valence-corrected chi connectivity index (χ2v) is 4.51. The predicted molar refractivity (Wildman–Crippen MR) is 53.0 cm³/mol. The summed E-state index contributed by atoms with van der Waals surface area (Å²) < 4.78 is 4.56. The third kappa shape index (κ3) is 1.65. The lowest BCUT2D eigenvalue weighted by Crippen LogP contribution is -2.66. The minimum Gasteiger partial charge on any atom is -0.486 e. The fraction of sp³-hybridized carbons (Fsp3) is 0.778. The van der Waals surface area contributed by atoms with E-state index in [9.17, 15) is 40.9 Å². The van der Waals surface area contributed by atoms with Crippen molar-refractivity contribution in [1.29, 1.82) is 0 Å². The fourth-order valence-corrected chi connectivity index (χ4v) is 1.55. The molecular formula is C9H16O9. The molecule has 1 saturated carbocycles. The number of hydrogen-bond donors (Lipinski definition) is 8. The molecule has 1 aliphatic carbocycles. The maximum absolute atomic E-state index is 9.43. The van der Waals surface area contributed by atoms with Crippen LogP contribution in [0.5, 0.6) is 0 Å². The van der Waals surface area contributed by atoms with Crippen LogP contribution in [-0.2, 0) is 4.74 Å². The highest BCUT2D eigenvalue weighted by atomic mass is 16.7. The Balaban J connectivity index is 3.30. The lowest BCUT2D eigenvalue weighted by atomic mass is 10.1. The van der Waals surface area contributed by atoms with Gasteiger partial charge in [0.25, 0.3) is 23.1 Å². The number of aliphatic hydroxyl groups is 8. The summed E-state index contributed by atoms with van der Waals surface area (Å²) in [6.07, 6.45) is -1.69. The highest BCUT2D eigenvalue weighted by Crippen LogP contribution is 2.48. The number of allylic oxidation sites excluding steroid dienone is 1. The van der Waals surface area contributed by atoms with Crippen LogP contribution in [0.4, 0.5) is 0 Å². The van der Waals surface area contributed by atoms with Gasteiger partial charge in [0.2, 0.25) is 6.10 Å². The van der Waals surface area contributed by atoms with Crippen molar-refractivity contribution in [3.8, 4) is 0 Å². The topological polar surface area (TPSA) is 171 Å². The Labute approximate surface area is 101 Å². The zero-order valence-corrected chi connectivity index (χ0v) is 9.64. The van der Waals surface area contributed by atoms with Crippen LogP contribution in [0.15, 0.2) is 11.8 Å². The molecule has 18 heavy (non-hydrogen) atoms. The molecule has 0 heterocycles. The van der Waals surface area contributed by atoms with Crippen LogP contribution in [0.1, 0.15) is 13.8 Å². The Kier molecular flexibility index (Phi) is 3.27. The minimum atomic E-state index is -4.05. The summed E-state index contributed by atoms with van der Waals surface area (Å²) in [6.45, 7) is 3.02. The van der Waals surface area contributed by atoms with Gasteiger partial charge in [-0.25, -0.2) is 0 Å². The highest BCUT2D eigenvalue weighted by molar-refractivity contribution is 5.17. The second kappa shape index (κ2) is 3.85. The maximum Gasteiger partial charge on any atom is 0.284 e. The van der Waals surface area contributed by atoms with Gasteiger partial charge in [-0.05, 0) is 19.4 Å². The van der Waals surface area contributed by atoms with Crippen LogP contribution in [0.25, 0.3) is 0 Å². The van der Waals surface area contributed by atoms with E-state index in [2.05, 4.69) is 4.74 Å². The summed E-state index contributed by atoms with van der Waals surface area (Å²) in [5, 5.41) is 74.7. The molecule has 0 radical (unpaired) electrons. The van der Waals surface area contributed by atoms with Crippen LogP contribution in [0.3, 0.4) is 0 Å². The summed E-state index contributed by atoms with van der Waals surface area (Å²) in [7, 11) is 0. The summed E-state index contributed by atoms with van der Waals surface area (Å²) in [4.78, 5) is 0. The molecule has 0 aliphatic heterocycles. The molecule has 9 heteroatoms. The van der Waals surface area contributed by atoms with Crippen molar-refractivity contribution in [2.75, 3.05) is 0 Å². The van der Waals surface area contributed by atoms with E-state index in [1.165, 1.54) is 13.8 Å². The monoisotopic (exact) mass is 268 g/mol. The van der Waals surface area contributed by atoms with E-state index in [1.807, 2.05) is 0 Å². The van der Waals surface area contributed by atoms with Crippen molar-refractivity contribution in [1.82, 2.24) is 0 Å². The first-order valence-electron chi connectivity index (χ1n) is 4.88. The van der Waals surface area contributed by atoms with Gasteiger partial charge >= 0.3 is 0 Å². The van der Waals surface area contributed by atoms with E-state index < -0.39 is 29.3 Å². The van der Waals surface area contributed by atoms with Gasteiger partial charge in [0.05, 0.1) is 6.26 Å². The molecule has 0 spiro atoms. The van der Waals surface area contributed by atoms with Gasteiger partial charge in [0.1, 0.15) is 0 Å². The third-order valence-electron chi connectivity index (χ3n) is 2.68. The Morgan fingerprint density at radius 1 is 0.833 bits per heavy atom. The first-order valence-corrected chi connectivity index (χ1v) is 4.88. The molecule has 1 fully saturated rings. The summed E-state index contributed by atoms with van der Waals surface area (Å²) in [5.74, 6) is -15.6. The summed E-state index contributed by atoms with van der Waals surface area (Å²) in [5.41, 5.74) is 0.455. The van der Waals surface area contributed by atoms with Crippen molar-refractivity contribution in [3.05, 3.63) is 11.8 Å². The molecule has 0 bridgehead atoms. The Hall–Kier alpha value is -0.780. The second-order valence-electron chi connectivity index (χ2n) is 4.51. The van der Waals surface area contributed by atoms with Gasteiger partial charge in [0, 0.05) is 0 Å². The van der Waals surface area contributed by atoms with Crippen LogP contribution >= 0.6 is 0 Å². The van der Waals surface area contributed by atoms with E-state index in [-0.39, 0.29) is 0 Å². The predicted octanol–water partition coefficient (Wildman–Crippen LogP) is -3.97. The average molecular weight is 268 g/mol. The molecule has 0 unspecified atom stereocenters. The summed E-state index contributed by atoms with van der Waals surface area (Å²) >= 11 is 0. The SMILES string of the molecule is CC(C)=COC1C(O)(O)C(O)(O)C(O)(O)C1(O)O. The number of rotatable bonds is 2. The quantitative estimate of drug-likeness (QED) is 0.184. The van der Waals surface area contributed by atoms with Gasteiger partial charge in [-0.1, -0.05) is 0 Å². The van der Waals surface area contributed by atoms with Crippen molar-refractivity contribution in [3.63, 3.8) is 0 Å². The smallest absolute Gasteiger partial charge is 0.284 e. The lowest BCUT2D eigenvalue weighted by Gasteiger charge is -2.34. The van der Waals surface area contributed by atoms with Crippen LogP contribution in [0, 0.1) is 0 Å². The summed E-state index contributed by atoms with van der Waals surface area (Å²) in [6, 6.07) is 0. The van der Waals surface area contributed by atoms with Gasteiger partial charge in [-0.15, -0.1) is 0 Å². The number of hydrogen-bond acceptors (Lipinski definition) is 9. The first kappa shape index (κ1) is 15.3. The van der Waals surface area contributed by atoms with Crippen LogP contribution in [0.2, 0.25) is 0 Å². The molecule has 1 aliphatic rings. The largest absolute Gasteiger partial charge is 0.486 e. The molecule has 0 aromatic rings. The third-order valence-corrected chi connectivity index (χ3v) is 2.68. The van der Waals surface area contributed by atoms with Gasteiger partial charge in [-0.3, -0.25) is 0 Å². The molecule has 8 N–H and O–H groups in total. The Bertz CT molecular complexity index is 338. The molecule has 106 valence electrons. The molecule has 9 nitrogen and oxygen atoms in total.